The first kappa shape index (κ1) is 30.5. The van der Waals surface area contributed by atoms with Gasteiger partial charge in [0.05, 0.1) is 0 Å². The van der Waals surface area contributed by atoms with Crippen molar-refractivity contribution >= 4 is 82.1 Å². The van der Waals surface area contributed by atoms with E-state index in [0.29, 0.717) is 0 Å². The average Bonchev–Trinajstić information content (AvgIpc) is 3.60. The molecule has 0 N–H and O–H groups in total. The van der Waals surface area contributed by atoms with E-state index in [-0.39, 0.29) is 0 Å². The van der Waals surface area contributed by atoms with Crippen LogP contribution in [0, 0.1) is 0 Å². The maximum atomic E-state index is 6.23. The molecule has 54 heavy (non-hydrogen) atoms. The van der Waals surface area contributed by atoms with Gasteiger partial charge >= 0.3 is 0 Å². The SMILES string of the molecule is c1ccc(-c2ccc(N(c3ccc(-c4cc5ccc6ccccc6c5c5ccccc45)cc3)c3ccc4cc5oc6ccccc6c5cc4c3)cc2)cc1. The number of furan rings is 1. The second-order valence-corrected chi connectivity index (χ2v) is 14.1. The Morgan fingerprint density at radius 3 is 1.69 bits per heavy atom. The van der Waals surface area contributed by atoms with Crippen LogP contribution in [0.4, 0.5) is 17.1 Å². The summed E-state index contributed by atoms with van der Waals surface area (Å²) in [4.78, 5) is 2.36. The van der Waals surface area contributed by atoms with Gasteiger partial charge in [-0.05, 0) is 126 Å². The van der Waals surface area contributed by atoms with Crippen LogP contribution in [0.15, 0.2) is 205 Å². The van der Waals surface area contributed by atoms with Gasteiger partial charge in [-0.15, -0.1) is 0 Å². The number of hydrogen-bond acceptors (Lipinski definition) is 2. The molecule has 0 amide bonds. The van der Waals surface area contributed by atoms with Crippen LogP contribution in [0.1, 0.15) is 0 Å². The molecule has 2 heteroatoms. The summed E-state index contributed by atoms with van der Waals surface area (Å²) in [5, 5.41) is 12.2. The molecule has 0 fully saturated rings. The van der Waals surface area contributed by atoms with Gasteiger partial charge in [-0.25, -0.2) is 0 Å². The Bertz CT molecular complexity index is 3190. The molecule has 11 rings (SSSR count). The van der Waals surface area contributed by atoms with Crippen molar-refractivity contribution < 1.29 is 4.42 Å². The van der Waals surface area contributed by atoms with Crippen LogP contribution >= 0.6 is 0 Å². The third kappa shape index (κ3) is 4.96. The minimum absolute atomic E-state index is 0.912. The molecular weight excluding hydrogens is 655 g/mol. The lowest BCUT2D eigenvalue weighted by Crippen LogP contribution is -2.09. The van der Waals surface area contributed by atoms with Crippen molar-refractivity contribution in [3.05, 3.63) is 200 Å². The minimum Gasteiger partial charge on any atom is -0.456 e. The molecule has 0 saturated carbocycles. The average molecular weight is 688 g/mol. The van der Waals surface area contributed by atoms with Crippen molar-refractivity contribution in [2.24, 2.45) is 0 Å². The van der Waals surface area contributed by atoms with Crippen LogP contribution in [0.3, 0.4) is 0 Å². The largest absolute Gasteiger partial charge is 0.456 e. The summed E-state index contributed by atoms with van der Waals surface area (Å²) in [6.07, 6.45) is 0. The van der Waals surface area contributed by atoms with Crippen LogP contribution in [-0.2, 0) is 0 Å². The van der Waals surface area contributed by atoms with Crippen molar-refractivity contribution in [2.75, 3.05) is 4.90 Å². The third-order valence-electron chi connectivity index (χ3n) is 11.0. The van der Waals surface area contributed by atoms with E-state index in [2.05, 4.69) is 193 Å². The smallest absolute Gasteiger partial charge is 0.136 e. The van der Waals surface area contributed by atoms with Gasteiger partial charge in [0.1, 0.15) is 11.2 Å². The summed E-state index contributed by atoms with van der Waals surface area (Å²) in [7, 11) is 0. The fraction of sp³-hybridized carbons (Fsp3) is 0. The molecule has 0 atom stereocenters. The number of benzene rings is 10. The first-order chi connectivity index (χ1) is 26.7. The van der Waals surface area contributed by atoms with Crippen molar-refractivity contribution in [1.82, 2.24) is 0 Å². The number of rotatable bonds is 5. The predicted octanol–water partition coefficient (Wildman–Crippen LogP) is 15.0. The number of nitrogens with zero attached hydrogens (tertiary/aromatic N) is 1. The van der Waals surface area contributed by atoms with E-state index in [1.165, 1.54) is 60.0 Å². The van der Waals surface area contributed by atoms with Gasteiger partial charge in [-0.3, -0.25) is 0 Å². The molecule has 0 radical (unpaired) electrons. The lowest BCUT2D eigenvalue weighted by atomic mass is 9.90. The summed E-state index contributed by atoms with van der Waals surface area (Å²) in [6, 6.07) is 72.4. The third-order valence-corrected chi connectivity index (χ3v) is 11.0. The van der Waals surface area contributed by atoms with Gasteiger partial charge in [0, 0.05) is 27.8 Å². The molecule has 2 nitrogen and oxygen atoms in total. The highest BCUT2D eigenvalue weighted by Crippen LogP contribution is 2.42. The molecule has 1 aromatic heterocycles. The lowest BCUT2D eigenvalue weighted by molar-refractivity contribution is 0.669. The van der Waals surface area contributed by atoms with E-state index in [9.17, 15) is 0 Å². The van der Waals surface area contributed by atoms with Crippen molar-refractivity contribution in [1.29, 1.82) is 0 Å². The second-order valence-electron chi connectivity index (χ2n) is 14.1. The highest BCUT2D eigenvalue weighted by Gasteiger charge is 2.17. The molecule has 0 unspecified atom stereocenters. The van der Waals surface area contributed by atoms with Crippen molar-refractivity contribution in [3.8, 4) is 22.3 Å². The standard InChI is InChI=1S/C52H33NO/c1-2-10-34(11-3-1)35-20-25-41(26-21-35)53(43-29-24-38-33-51-49(32-40(38)30-43)46-15-8-9-17-50(46)54-51)42-27-22-37(23-28-42)48-31-39-19-18-36-12-4-5-13-44(36)52(39)47-16-7-6-14-45(47)48/h1-33H. The number of anilines is 3. The first-order valence-corrected chi connectivity index (χ1v) is 18.5. The molecular formula is C52H33NO. The predicted molar refractivity (Wildman–Crippen MR) is 229 cm³/mol. The normalized spacial score (nSPS) is 11.7. The zero-order valence-corrected chi connectivity index (χ0v) is 29.4. The molecule has 0 bridgehead atoms. The molecule has 0 aliphatic heterocycles. The summed E-state index contributed by atoms with van der Waals surface area (Å²) < 4.78 is 6.23. The molecule has 1 heterocycles. The van der Waals surface area contributed by atoms with Crippen LogP contribution in [0.5, 0.6) is 0 Å². The number of para-hydroxylation sites is 1. The van der Waals surface area contributed by atoms with E-state index < -0.39 is 0 Å². The van der Waals surface area contributed by atoms with E-state index in [4.69, 9.17) is 4.42 Å². The van der Waals surface area contributed by atoms with Crippen LogP contribution < -0.4 is 4.90 Å². The fourth-order valence-electron chi connectivity index (χ4n) is 8.38. The maximum absolute atomic E-state index is 6.23. The number of hydrogen-bond donors (Lipinski definition) is 0. The van der Waals surface area contributed by atoms with E-state index in [1.807, 2.05) is 12.1 Å². The van der Waals surface area contributed by atoms with Gasteiger partial charge in [0.15, 0.2) is 0 Å². The molecule has 0 aliphatic carbocycles. The van der Waals surface area contributed by atoms with E-state index in [1.54, 1.807) is 0 Å². The molecule has 10 aromatic carbocycles. The van der Waals surface area contributed by atoms with Crippen molar-refractivity contribution in [2.45, 2.75) is 0 Å². The lowest BCUT2D eigenvalue weighted by Gasteiger charge is -2.26. The molecule has 0 spiro atoms. The Labute approximate surface area is 312 Å². The quantitative estimate of drug-likeness (QED) is 0.168. The van der Waals surface area contributed by atoms with Crippen LogP contribution in [-0.4, -0.2) is 0 Å². The van der Waals surface area contributed by atoms with Crippen molar-refractivity contribution in [3.63, 3.8) is 0 Å². The molecule has 0 saturated heterocycles. The Morgan fingerprint density at radius 1 is 0.296 bits per heavy atom. The Hall–Kier alpha value is -7.16. The zero-order chi connectivity index (χ0) is 35.6. The second kappa shape index (κ2) is 12.2. The molecule has 11 aromatic rings. The minimum atomic E-state index is 0.912. The van der Waals surface area contributed by atoms with Gasteiger partial charge in [-0.2, -0.15) is 0 Å². The number of fused-ring (bicyclic) bond motifs is 9. The van der Waals surface area contributed by atoms with Crippen LogP contribution in [0.2, 0.25) is 0 Å². The molecule has 0 aliphatic rings. The van der Waals surface area contributed by atoms with Gasteiger partial charge in [0.25, 0.3) is 0 Å². The van der Waals surface area contributed by atoms with Gasteiger partial charge in [0.2, 0.25) is 0 Å². The highest BCUT2D eigenvalue weighted by atomic mass is 16.3. The Balaban J connectivity index is 1.06. The van der Waals surface area contributed by atoms with Crippen LogP contribution in [0.25, 0.3) is 87.3 Å². The van der Waals surface area contributed by atoms with E-state index >= 15 is 0 Å². The van der Waals surface area contributed by atoms with E-state index in [0.717, 1.165) is 44.4 Å². The highest BCUT2D eigenvalue weighted by molar-refractivity contribution is 6.23. The maximum Gasteiger partial charge on any atom is 0.136 e. The Morgan fingerprint density at radius 2 is 0.889 bits per heavy atom. The topological polar surface area (TPSA) is 16.4 Å². The Kier molecular flexibility index (Phi) is 6.90. The summed E-state index contributed by atoms with van der Waals surface area (Å²) in [5.74, 6) is 0. The summed E-state index contributed by atoms with van der Waals surface area (Å²) >= 11 is 0. The zero-order valence-electron chi connectivity index (χ0n) is 29.4. The van der Waals surface area contributed by atoms with Gasteiger partial charge in [-0.1, -0.05) is 140 Å². The molecule has 252 valence electrons. The fourth-order valence-corrected chi connectivity index (χ4v) is 8.38. The first-order valence-electron chi connectivity index (χ1n) is 18.5. The summed E-state index contributed by atoms with van der Waals surface area (Å²) in [6.45, 7) is 0. The summed E-state index contributed by atoms with van der Waals surface area (Å²) in [5.41, 5.74) is 9.94. The monoisotopic (exact) mass is 687 g/mol. The van der Waals surface area contributed by atoms with Gasteiger partial charge < -0.3 is 9.32 Å².